The smallest absolute Gasteiger partial charge is 0.169 e. The molecule has 0 atom stereocenters. The Morgan fingerprint density at radius 3 is 1.90 bits per heavy atom. The Hall–Kier alpha value is -2.24. The van der Waals surface area contributed by atoms with Crippen LogP contribution in [0, 0.1) is 23.3 Å². The van der Waals surface area contributed by atoms with Gasteiger partial charge in [0.05, 0.1) is 19.8 Å². The van der Waals surface area contributed by atoms with E-state index in [1.54, 1.807) is 0 Å². The van der Waals surface area contributed by atoms with Gasteiger partial charge in [-0.05, 0) is 12.1 Å². The molecule has 0 N–H and O–H groups in total. The number of halogens is 4. The highest BCUT2D eigenvalue weighted by atomic mass is 19.2. The van der Waals surface area contributed by atoms with E-state index in [9.17, 15) is 17.6 Å². The molecule has 0 unspecified atom stereocenters. The summed E-state index contributed by atoms with van der Waals surface area (Å²) in [5.41, 5.74) is -0.927. The van der Waals surface area contributed by atoms with Crippen LogP contribution in [0.15, 0.2) is 24.3 Å². The lowest BCUT2D eigenvalue weighted by Crippen LogP contribution is -2.00. The van der Waals surface area contributed by atoms with E-state index in [1.165, 1.54) is 32.4 Å². The van der Waals surface area contributed by atoms with Gasteiger partial charge in [0, 0.05) is 17.7 Å². The van der Waals surface area contributed by atoms with Crippen LogP contribution in [-0.2, 0) is 0 Å². The van der Waals surface area contributed by atoms with E-state index in [4.69, 9.17) is 9.47 Å². The summed E-state index contributed by atoms with van der Waals surface area (Å²) in [5, 5.41) is 0. The lowest BCUT2D eigenvalue weighted by molar-refractivity contribution is 0.394. The van der Waals surface area contributed by atoms with Crippen LogP contribution in [0.25, 0.3) is 11.1 Å². The average Bonchev–Trinajstić information content (AvgIpc) is 2.45. The first kappa shape index (κ1) is 14.2. The molecule has 0 aliphatic heterocycles. The minimum atomic E-state index is -1.48. The summed E-state index contributed by atoms with van der Waals surface area (Å²) in [5.74, 6) is -5.50. The number of benzene rings is 2. The minimum absolute atomic E-state index is 0.0344. The van der Waals surface area contributed by atoms with Gasteiger partial charge in [-0.1, -0.05) is 0 Å². The largest absolute Gasteiger partial charge is 0.497 e. The van der Waals surface area contributed by atoms with Crippen LogP contribution in [0.3, 0.4) is 0 Å². The topological polar surface area (TPSA) is 18.5 Å². The first-order valence-corrected chi connectivity index (χ1v) is 5.55. The third kappa shape index (κ3) is 2.29. The molecule has 0 saturated carbocycles. The van der Waals surface area contributed by atoms with Crippen molar-refractivity contribution in [1.29, 1.82) is 0 Å². The number of ether oxygens (including phenoxy) is 2. The van der Waals surface area contributed by atoms with Gasteiger partial charge in [0.2, 0.25) is 0 Å². The van der Waals surface area contributed by atoms with Crippen LogP contribution in [0.5, 0.6) is 11.5 Å². The summed E-state index contributed by atoms with van der Waals surface area (Å²) in [6.45, 7) is 0. The highest BCUT2D eigenvalue weighted by molar-refractivity contribution is 5.72. The molecule has 0 saturated heterocycles. The van der Waals surface area contributed by atoms with Crippen molar-refractivity contribution in [3.63, 3.8) is 0 Å². The molecule has 0 amide bonds. The van der Waals surface area contributed by atoms with Crippen LogP contribution in [0.2, 0.25) is 0 Å². The maximum Gasteiger partial charge on any atom is 0.169 e. The van der Waals surface area contributed by atoms with Crippen molar-refractivity contribution in [1.82, 2.24) is 0 Å². The number of rotatable bonds is 3. The van der Waals surface area contributed by atoms with Crippen molar-refractivity contribution < 1.29 is 27.0 Å². The van der Waals surface area contributed by atoms with Gasteiger partial charge in [-0.2, -0.15) is 0 Å². The Bertz CT molecular complexity index is 630. The van der Waals surface area contributed by atoms with E-state index in [0.717, 1.165) is 0 Å². The third-order valence-electron chi connectivity index (χ3n) is 2.79. The minimum Gasteiger partial charge on any atom is -0.497 e. The molecule has 0 aliphatic carbocycles. The molecular weight excluding hydrogens is 276 g/mol. The maximum atomic E-state index is 13.8. The van der Waals surface area contributed by atoms with Gasteiger partial charge in [0.15, 0.2) is 23.3 Å². The molecule has 6 heteroatoms. The zero-order chi connectivity index (χ0) is 14.9. The molecule has 0 bridgehead atoms. The fourth-order valence-corrected chi connectivity index (χ4v) is 1.81. The molecule has 2 aromatic carbocycles. The summed E-state index contributed by atoms with van der Waals surface area (Å²) in [6.07, 6.45) is 0. The van der Waals surface area contributed by atoms with E-state index in [-0.39, 0.29) is 17.4 Å². The van der Waals surface area contributed by atoms with Crippen molar-refractivity contribution in [2.24, 2.45) is 0 Å². The summed E-state index contributed by atoms with van der Waals surface area (Å²) in [4.78, 5) is 0. The fraction of sp³-hybridized carbons (Fsp3) is 0.143. The maximum absolute atomic E-state index is 13.8. The van der Waals surface area contributed by atoms with E-state index in [0.29, 0.717) is 5.75 Å². The first-order chi connectivity index (χ1) is 9.49. The molecule has 106 valence electrons. The van der Waals surface area contributed by atoms with Gasteiger partial charge in [0.25, 0.3) is 0 Å². The molecule has 2 aromatic rings. The molecule has 2 nitrogen and oxygen atoms in total. The quantitative estimate of drug-likeness (QED) is 0.629. The highest BCUT2D eigenvalue weighted by Crippen LogP contribution is 2.37. The molecule has 0 aliphatic rings. The van der Waals surface area contributed by atoms with Crippen molar-refractivity contribution in [2.75, 3.05) is 14.2 Å². The average molecular weight is 286 g/mol. The lowest BCUT2D eigenvalue weighted by Gasteiger charge is -2.12. The number of hydrogen-bond donors (Lipinski definition) is 0. The summed E-state index contributed by atoms with van der Waals surface area (Å²) < 4.78 is 63.9. The Kier molecular flexibility index (Phi) is 3.83. The molecule has 0 aromatic heterocycles. The summed E-state index contributed by atoms with van der Waals surface area (Å²) in [7, 11) is 2.67. The van der Waals surface area contributed by atoms with Gasteiger partial charge in [0.1, 0.15) is 11.5 Å². The van der Waals surface area contributed by atoms with Crippen LogP contribution in [0.4, 0.5) is 17.6 Å². The normalized spacial score (nSPS) is 10.5. The zero-order valence-corrected chi connectivity index (χ0v) is 10.6. The predicted octanol–water partition coefficient (Wildman–Crippen LogP) is 3.93. The second kappa shape index (κ2) is 5.40. The van der Waals surface area contributed by atoms with E-state index >= 15 is 0 Å². The number of hydrogen-bond acceptors (Lipinski definition) is 2. The van der Waals surface area contributed by atoms with Crippen LogP contribution in [0.1, 0.15) is 0 Å². The molecule has 0 radical (unpaired) electrons. The molecule has 20 heavy (non-hydrogen) atoms. The fourth-order valence-electron chi connectivity index (χ4n) is 1.81. The highest BCUT2D eigenvalue weighted by Gasteiger charge is 2.23. The van der Waals surface area contributed by atoms with Crippen molar-refractivity contribution in [2.45, 2.75) is 0 Å². The zero-order valence-electron chi connectivity index (χ0n) is 10.6. The summed E-state index contributed by atoms with van der Waals surface area (Å²) in [6, 6.07) is 4.18. The Morgan fingerprint density at radius 2 is 1.40 bits per heavy atom. The third-order valence-corrected chi connectivity index (χ3v) is 2.79. The molecule has 2 rings (SSSR count). The second-order valence-electron chi connectivity index (χ2n) is 3.91. The monoisotopic (exact) mass is 286 g/mol. The van der Waals surface area contributed by atoms with Gasteiger partial charge in [-0.25, -0.2) is 17.6 Å². The van der Waals surface area contributed by atoms with Gasteiger partial charge < -0.3 is 9.47 Å². The lowest BCUT2D eigenvalue weighted by atomic mass is 10.0. The molecular formula is C14H10F4O2. The first-order valence-electron chi connectivity index (χ1n) is 5.55. The molecule has 0 heterocycles. The Morgan fingerprint density at radius 1 is 0.800 bits per heavy atom. The van der Waals surface area contributed by atoms with Crippen molar-refractivity contribution in [3.8, 4) is 22.6 Å². The molecule has 0 fully saturated rings. The van der Waals surface area contributed by atoms with Gasteiger partial charge in [-0.15, -0.1) is 0 Å². The number of methoxy groups -OCH3 is 2. The van der Waals surface area contributed by atoms with Crippen LogP contribution >= 0.6 is 0 Å². The Balaban J connectivity index is 2.74. The van der Waals surface area contributed by atoms with E-state index in [1.807, 2.05) is 0 Å². The van der Waals surface area contributed by atoms with Gasteiger partial charge in [-0.3, -0.25) is 0 Å². The van der Waals surface area contributed by atoms with Crippen LogP contribution < -0.4 is 9.47 Å². The standard InChI is InChI=1S/C14H10F4O2/c1-19-7-3-4-8(11(5-7)20-2)12-13(17)9(15)6-10(16)14(12)18/h3-6H,1-2H3. The van der Waals surface area contributed by atoms with Crippen LogP contribution in [-0.4, -0.2) is 14.2 Å². The SMILES string of the molecule is COc1ccc(-c2c(F)c(F)cc(F)c2F)c(OC)c1. The molecule has 0 spiro atoms. The van der Waals surface area contributed by atoms with E-state index in [2.05, 4.69) is 0 Å². The Labute approximate surface area is 112 Å². The predicted molar refractivity (Wildman–Crippen MR) is 64.8 cm³/mol. The van der Waals surface area contributed by atoms with Gasteiger partial charge >= 0.3 is 0 Å². The van der Waals surface area contributed by atoms with Crippen molar-refractivity contribution in [3.05, 3.63) is 47.5 Å². The van der Waals surface area contributed by atoms with Crippen molar-refractivity contribution >= 4 is 0 Å². The summed E-state index contributed by atoms with van der Waals surface area (Å²) >= 11 is 0. The second-order valence-corrected chi connectivity index (χ2v) is 3.91. The van der Waals surface area contributed by atoms with E-state index < -0.39 is 28.8 Å².